The van der Waals surface area contributed by atoms with E-state index < -0.39 is 0 Å². The number of thiol groups is 1. The van der Waals surface area contributed by atoms with Gasteiger partial charge in [0.25, 0.3) is 0 Å². The Labute approximate surface area is 95.6 Å². The van der Waals surface area contributed by atoms with Crippen molar-refractivity contribution in [3.05, 3.63) is 0 Å². The predicted molar refractivity (Wildman–Crippen MR) is 25.3 cm³/mol. The maximum Gasteiger partial charge on any atom is 1.00 e. The molecule has 0 aromatic heterocycles. The Morgan fingerprint density at radius 2 is 1.86 bits per heavy atom. The van der Waals surface area contributed by atoms with Crippen LogP contribution in [0.25, 0.3) is 0 Å². The number of carbonyl (C=O) groups excluding carboxylic acids is 1. The molecule has 0 saturated heterocycles. The van der Waals surface area contributed by atoms with Crippen LogP contribution in [-0.2, 0) is 4.79 Å². The third-order valence-corrected chi connectivity index (χ3v) is 0.468. The summed E-state index contributed by atoms with van der Waals surface area (Å²) in [7, 11) is 0. The van der Waals surface area contributed by atoms with Gasteiger partial charge in [0, 0.05) is 0 Å². The molecule has 1 amide bonds. The smallest absolute Gasteiger partial charge is 1.00 e. The van der Waals surface area contributed by atoms with Gasteiger partial charge in [-0.3, -0.25) is 4.79 Å². The normalized spacial score (nSPS) is 5.29. The van der Waals surface area contributed by atoms with Gasteiger partial charge in [0.2, 0.25) is 5.91 Å². The van der Waals surface area contributed by atoms with Crippen LogP contribution in [0.1, 0.15) is 2.85 Å². The molecule has 0 rings (SSSR count). The molecule has 0 radical (unpaired) electrons. The largest absolute Gasteiger partial charge is 1.00 e. The summed E-state index contributed by atoms with van der Waals surface area (Å²) in [5.74, 6) is -0.242. The number of rotatable bonds is 1. The summed E-state index contributed by atoms with van der Waals surface area (Å²) < 4.78 is 0. The van der Waals surface area contributed by atoms with E-state index in [1.165, 1.54) is 0 Å². The minimum atomic E-state index is -0.381. The zero-order valence-electron chi connectivity index (χ0n) is 6.64. The first-order valence-electron chi connectivity index (χ1n) is 1.16. The summed E-state index contributed by atoms with van der Waals surface area (Å²) >= 11 is 3.54. The minimum absolute atomic E-state index is 0. The molecule has 0 bridgehead atoms. The second kappa shape index (κ2) is 10.7. The molecule has 2 N–H and O–H groups in total. The topological polar surface area (TPSA) is 43.1 Å². The van der Waals surface area contributed by atoms with Gasteiger partial charge in [-0.25, -0.2) is 0 Å². The third-order valence-electron chi connectivity index (χ3n) is 0.156. The van der Waals surface area contributed by atoms with Gasteiger partial charge in [-0.2, -0.15) is 12.6 Å². The number of amides is 1. The molecule has 0 fully saturated rings. The fraction of sp³-hybridized carbons (Fsp3) is 0.500. The van der Waals surface area contributed by atoms with Gasteiger partial charge in [0.05, 0.1) is 5.75 Å². The maximum absolute atomic E-state index is 9.51. The number of primary amides is 1. The molecule has 0 unspecified atom stereocenters. The summed E-state index contributed by atoms with van der Waals surface area (Å²) in [6, 6.07) is 0. The van der Waals surface area contributed by atoms with Gasteiger partial charge in [-0.05, 0) is 0 Å². The molecule has 7 heavy (non-hydrogen) atoms. The van der Waals surface area contributed by atoms with Crippen LogP contribution >= 0.6 is 12.6 Å². The minimum Gasteiger partial charge on any atom is -1.00 e. The van der Waals surface area contributed by atoms with Crippen molar-refractivity contribution in [1.82, 2.24) is 0 Å². The fourth-order valence-corrected chi connectivity index (χ4v) is 0. The molecule has 5 heteroatoms. The van der Waals surface area contributed by atoms with E-state index in [0.29, 0.717) is 0 Å². The Morgan fingerprint density at radius 1 is 1.71 bits per heavy atom. The van der Waals surface area contributed by atoms with E-state index in [9.17, 15) is 4.79 Å². The molecule has 0 aliphatic rings. The second-order valence-corrected chi connectivity index (χ2v) is 0.941. The van der Waals surface area contributed by atoms with Crippen LogP contribution in [-0.4, -0.2) is 11.7 Å². The van der Waals surface area contributed by atoms with Crippen LogP contribution < -0.4 is 64.8 Å². The van der Waals surface area contributed by atoms with Crippen LogP contribution in [0.4, 0.5) is 0 Å². The fourth-order valence-electron chi connectivity index (χ4n) is 0. The van der Waals surface area contributed by atoms with E-state index in [1.807, 2.05) is 0 Å². The zero-order valence-corrected chi connectivity index (χ0v) is 9.53. The quantitative estimate of drug-likeness (QED) is 0.275. The first-order chi connectivity index (χ1) is 2.27. The van der Waals surface area contributed by atoms with Gasteiger partial charge in [-0.15, -0.1) is 0 Å². The van der Waals surface area contributed by atoms with Crippen molar-refractivity contribution in [3.8, 4) is 0 Å². The molecule has 0 aliphatic carbocycles. The van der Waals surface area contributed by atoms with E-state index in [-0.39, 0.29) is 73.6 Å². The molecule has 34 valence electrons. The molecule has 0 aliphatic heterocycles. The van der Waals surface area contributed by atoms with Gasteiger partial charge in [0.1, 0.15) is 0 Å². The van der Waals surface area contributed by atoms with Crippen molar-refractivity contribution >= 4 is 18.5 Å². The second-order valence-electron chi connectivity index (χ2n) is 0.624. The number of carbonyl (C=O) groups is 1. The van der Waals surface area contributed by atoms with Crippen LogP contribution in [0, 0.1) is 0 Å². The van der Waals surface area contributed by atoms with Crippen molar-refractivity contribution < 1.29 is 66.8 Å². The van der Waals surface area contributed by atoms with Crippen molar-refractivity contribution in [2.75, 3.05) is 5.75 Å². The van der Waals surface area contributed by atoms with E-state index in [1.54, 1.807) is 0 Å². The molecule has 0 heterocycles. The van der Waals surface area contributed by atoms with Crippen molar-refractivity contribution in [2.45, 2.75) is 0 Å². The molecule has 0 spiro atoms. The average Bonchev–Trinajstić information content (AvgIpc) is 1.38. The van der Waals surface area contributed by atoms with Crippen LogP contribution in [0.3, 0.4) is 0 Å². The number of hydrogen-bond acceptors (Lipinski definition) is 2. The van der Waals surface area contributed by atoms with Crippen LogP contribution in [0.5, 0.6) is 0 Å². The molecule has 0 aromatic carbocycles. The van der Waals surface area contributed by atoms with Crippen molar-refractivity contribution in [2.24, 2.45) is 5.73 Å². The summed E-state index contributed by atoms with van der Waals surface area (Å²) in [5, 5.41) is 0. The first kappa shape index (κ1) is 15.9. The van der Waals surface area contributed by atoms with Gasteiger partial charge in [-0.1, -0.05) is 0 Å². The summed E-state index contributed by atoms with van der Waals surface area (Å²) in [5.41, 5.74) is 4.58. The van der Waals surface area contributed by atoms with Crippen molar-refractivity contribution in [1.29, 1.82) is 0 Å². The summed E-state index contributed by atoms with van der Waals surface area (Å²) in [6.45, 7) is 0. The van der Waals surface area contributed by atoms with E-state index in [4.69, 9.17) is 0 Å². The molecule has 2 nitrogen and oxygen atoms in total. The van der Waals surface area contributed by atoms with E-state index in [2.05, 4.69) is 18.4 Å². The Kier molecular flexibility index (Phi) is 24.4. The van der Waals surface area contributed by atoms with Gasteiger partial charge < -0.3 is 8.59 Å². The van der Waals surface area contributed by atoms with Crippen LogP contribution in [0.15, 0.2) is 0 Å². The Hall–Kier alpha value is 1.82. The molecule has 0 atom stereocenters. The van der Waals surface area contributed by atoms with Crippen LogP contribution in [0.2, 0.25) is 0 Å². The Bertz CT molecular complexity index is 57.8. The monoisotopic (exact) mass is 139 g/mol. The third kappa shape index (κ3) is 18.2. The molecule has 0 saturated carbocycles. The standard InChI is InChI=1S/C2H5NOS.2Na.2H/c3-2(4)1-5;;;;/h5H,1H2,(H2,3,4);;;;/q;2*+1;2*-1. The number of hydrogen-bond donors (Lipinski definition) is 2. The molecular weight excluding hydrogens is 132 g/mol. The maximum atomic E-state index is 9.51. The SMILES string of the molecule is NC(=O)CS.[H-].[H-].[Na+].[Na+]. The van der Waals surface area contributed by atoms with Gasteiger partial charge >= 0.3 is 59.1 Å². The molecular formula is C2H7NNa2OS. The van der Waals surface area contributed by atoms with E-state index in [0.717, 1.165) is 0 Å². The predicted octanol–water partition coefficient (Wildman–Crippen LogP) is -6.37. The molecule has 0 aromatic rings. The number of nitrogens with two attached hydrogens (primary N) is 1. The summed E-state index contributed by atoms with van der Waals surface area (Å²) in [6.07, 6.45) is 0. The average molecular weight is 139 g/mol. The zero-order chi connectivity index (χ0) is 4.28. The first-order valence-corrected chi connectivity index (χ1v) is 1.80. The summed E-state index contributed by atoms with van der Waals surface area (Å²) in [4.78, 5) is 9.51. The Morgan fingerprint density at radius 3 is 1.86 bits per heavy atom. The van der Waals surface area contributed by atoms with Crippen molar-refractivity contribution in [3.63, 3.8) is 0 Å². The van der Waals surface area contributed by atoms with Gasteiger partial charge in [0.15, 0.2) is 0 Å². The Balaban J connectivity index is -0.0000000133. The van der Waals surface area contributed by atoms with E-state index >= 15 is 0 Å².